The minimum absolute atomic E-state index is 0.0138. The Labute approximate surface area is 121 Å². The Kier molecular flexibility index (Phi) is 4.70. The third-order valence-corrected chi connectivity index (χ3v) is 3.42. The number of amides is 1. The first-order valence-electron chi connectivity index (χ1n) is 6.54. The highest BCUT2D eigenvalue weighted by molar-refractivity contribution is 5.95. The van der Waals surface area contributed by atoms with Gasteiger partial charge in [-0.1, -0.05) is 6.07 Å². The standard InChI is InChI=1S/C15H16FNO4/c1-21-11-7-10(8-11)17-15(20)12-6-9(2-4-13(12)16)3-5-14(18)19/h2-6,10-11H,7-8H2,1H3,(H,17,20)(H,18,19)/b5-3+. The lowest BCUT2D eigenvalue weighted by molar-refractivity contribution is -0.131. The Balaban J connectivity index is 2.06. The maximum absolute atomic E-state index is 13.7. The molecular weight excluding hydrogens is 277 g/mol. The Morgan fingerprint density at radius 2 is 2.14 bits per heavy atom. The number of hydrogen-bond donors (Lipinski definition) is 2. The summed E-state index contributed by atoms with van der Waals surface area (Å²) in [6.07, 6.45) is 3.81. The summed E-state index contributed by atoms with van der Waals surface area (Å²) in [6, 6.07) is 3.88. The lowest BCUT2D eigenvalue weighted by atomic mass is 9.89. The number of aliphatic carboxylic acids is 1. The van der Waals surface area contributed by atoms with Crippen molar-refractivity contribution >= 4 is 18.0 Å². The van der Waals surface area contributed by atoms with Gasteiger partial charge in [0.25, 0.3) is 5.91 Å². The van der Waals surface area contributed by atoms with Crippen molar-refractivity contribution in [2.75, 3.05) is 7.11 Å². The quantitative estimate of drug-likeness (QED) is 0.812. The fourth-order valence-electron chi connectivity index (χ4n) is 2.13. The highest BCUT2D eigenvalue weighted by Gasteiger charge is 2.30. The highest BCUT2D eigenvalue weighted by atomic mass is 19.1. The first kappa shape index (κ1) is 15.2. The molecule has 2 N–H and O–H groups in total. The number of carboxylic acid groups (broad SMARTS) is 1. The average molecular weight is 293 g/mol. The van der Waals surface area contributed by atoms with Gasteiger partial charge in [-0.25, -0.2) is 9.18 Å². The van der Waals surface area contributed by atoms with Gasteiger partial charge in [0, 0.05) is 19.2 Å². The van der Waals surface area contributed by atoms with E-state index in [1.807, 2.05) is 0 Å². The summed E-state index contributed by atoms with van der Waals surface area (Å²) in [7, 11) is 1.61. The summed E-state index contributed by atoms with van der Waals surface area (Å²) in [5.41, 5.74) is 0.357. The monoisotopic (exact) mass is 293 g/mol. The number of ether oxygens (including phenoxy) is 1. The largest absolute Gasteiger partial charge is 0.478 e. The van der Waals surface area contributed by atoms with Crippen LogP contribution in [0.25, 0.3) is 6.08 Å². The van der Waals surface area contributed by atoms with Crippen molar-refractivity contribution in [3.05, 3.63) is 41.2 Å². The van der Waals surface area contributed by atoms with Crippen molar-refractivity contribution in [2.24, 2.45) is 0 Å². The predicted molar refractivity (Wildman–Crippen MR) is 74.4 cm³/mol. The van der Waals surface area contributed by atoms with E-state index in [-0.39, 0.29) is 17.7 Å². The second-order valence-electron chi connectivity index (χ2n) is 4.91. The van der Waals surface area contributed by atoms with Crippen molar-refractivity contribution in [1.29, 1.82) is 0 Å². The third-order valence-electron chi connectivity index (χ3n) is 3.42. The normalized spacial score (nSPS) is 21.0. The van der Waals surface area contributed by atoms with Gasteiger partial charge in [0.1, 0.15) is 5.82 Å². The maximum atomic E-state index is 13.7. The summed E-state index contributed by atoms with van der Waals surface area (Å²) in [4.78, 5) is 22.5. The Morgan fingerprint density at radius 3 is 2.76 bits per heavy atom. The molecule has 1 aliphatic carbocycles. The molecule has 1 aromatic carbocycles. The van der Waals surface area contributed by atoms with Gasteiger partial charge in [-0.2, -0.15) is 0 Å². The smallest absolute Gasteiger partial charge is 0.328 e. The van der Waals surface area contributed by atoms with Crippen LogP contribution in [0.5, 0.6) is 0 Å². The molecule has 0 bridgehead atoms. The SMILES string of the molecule is COC1CC(NC(=O)c2cc(/C=C/C(=O)O)ccc2F)C1. The molecule has 1 fully saturated rings. The van der Waals surface area contributed by atoms with Gasteiger partial charge in [-0.05, 0) is 36.6 Å². The van der Waals surface area contributed by atoms with Crippen LogP contribution in [0.2, 0.25) is 0 Å². The average Bonchev–Trinajstić information content (AvgIpc) is 2.41. The van der Waals surface area contributed by atoms with E-state index in [9.17, 15) is 14.0 Å². The third kappa shape index (κ3) is 3.88. The zero-order valence-electron chi connectivity index (χ0n) is 11.5. The van der Waals surface area contributed by atoms with Crippen LogP contribution in [0, 0.1) is 5.82 Å². The zero-order chi connectivity index (χ0) is 15.4. The van der Waals surface area contributed by atoms with E-state index in [4.69, 9.17) is 9.84 Å². The first-order chi connectivity index (χ1) is 9.99. The van der Waals surface area contributed by atoms with Crippen LogP contribution in [0.4, 0.5) is 4.39 Å². The van der Waals surface area contributed by atoms with Gasteiger partial charge >= 0.3 is 5.97 Å². The zero-order valence-corrected chi connectivity index (χ0v) is 11.5. The fourth-order valence-corrected chi connectivity index (χ4v) is 2.13. The van der Waals surface area contributed by atoms with Gasteiger partial charge in [0.05, 0.1) is 11.7 Å². The molecule has 112 valence electrons. The summed E-state index contributed by atoms with van der Waals surface area (Å²) in [6.45, 7) is 0. The van der Waals surface area contributed by atoms with E-state index in [0.29, 0.717) is 18.4 Å². The molecule has 5 nitrogen and oxygen atoms in total. The van der Waals surface area contributed by atoms with Crippen molar-refractivity contribution in [3.8, 4) is 0 Å². The molecule has 21 heavy (non-hydrogen) atoms. The van der Waals surface area contributed by atoms with E-state index in [2.05, 4.69) is 5.32 Å². The molecular formula is C15H16FNO4. The maximum Gasteiger partial charge on any atom is 0.328 e. The second kappa shape index (κ2) is 6.49. The molecule has 1 amide bonds. The number of benzene rings is 1. The number of methoxy groups -OCH3 is 1. The van der Waals surface area contributed by atoms with Crippen LogP contribution in [0.1, 0.15) is 28.8 Å². The van der Waals surface area contributed by atoms with Crippen LogP contribution in [0.3, 0.4) is 0 Å². The summed E-state index contributed by atoms with van der Waals surface area (Å²) < 4.78 is 18.8. The molecule has 6 heteroatoms. The minimum atomic E-state index is -1.11. The molecule has 0 aromatic heterocycles. The van der Waals surface area contributed by atoms with E-state index >= 15 is 0 Å². The molecule has 0 radical (unpaired) electrons. The molecule has 0 saturated heterocycles. The van der Waals surface area contributed by atoms with Crippen molar-refractivity contribution < 1.29 is 23.8 Å². The molecule has 0 unspecified atom stereocenters. The van der Waals surface area contributed by atoms with E-state index in [1.165, 1.54) is 18.2 Å². The van der Waals surface area contributed by atoms with Gasteiger partial charge in [-0.15, -0.1) is 0 Å². The number of rotatable bonds is 5. The van der Waals surface area contributed by atoms with Crippen LogP contribution >= 0.6 is 0 Å². The number of nitrogens with one attached hydrogen (secondary N) is 1. The number of carboxylic acids is 1. The van der Waals surface area contributed by atoms with Gasteiger partial charge in [0.2, 0.25) is 0 Å². The molecule has 2 rings (SSSR count). The summed E-state index contributed by atoms with van der Waals surface area (Å²) in [5, 5.41) is 11.3. The van der Waals surface area contributed by atoms with E-state index in [1.54, 1.807) is 7.11 Å². The Hall–Kier alpha value is -2.21. The lowest BCUT2D eigenvalue weighted by Crippen LogP contribution is -2.47. The number of hydrogen-bond acceptors (Lipinski definition) is 3. The Bertz CT molecular complexity index is 579. The topological polar surface area (TPSA) is 75.6 Å². The van der Waals surface area contributed by atoms with Crippen molar-refractivity contribution in [3.63, 3.8) is 0 Å². The number of halogens is 1. The van der Waals surface area contributed by atoms with E-state index < -0.39 is 17.7 Å². The lowest BCUT2D eigenvalue weighted by Gasteiger charge is -2.34. The fraction of sp³-hybridized carbons (Fsp3) is 0.333. The van der Waals surface area contributed by atoms with Crippen LogP contribution in [0.15, 0.2) is 24.3 Å². The van der Waals surface area contributed by atoms with Gasteiger partial charge < -0.3 is 15.2 Å². The second-order valence-corrected chi connectivity index (χ2v) is 4.91. The minimum Gasteiger partial charge on any atom is -0.478 e. The predicted octanol–water partition coefficient (Wildman–Crippen LogP) is 1.83. The van der Waals surface area contributed by atoms with E-state index in [0.717, 1.165) is 12.1 Å². The molecule has 0 heterocycles. The molecule has 1 aromatic rings. The molecule has 1 aliphatic rings. The summed E-state index contributed by atoms with van der Waals surface area (Å²) >= 11 is 0. The first-order valence-corrected chi connectivity index (χ1v) is 6.54. The van der Waals surface area contributed by atoms with Crippen LogP contribution in [-0.2, 0) is 9.53 Å². The van der Waals surface area contributed by atoms with Crippen molar-refractivity contribution in [2.45, 2.75) is 25.0 Å². The Morgan fingerprint density at radius 1 is 1.43 bits per heavy atom. The van der Waals surface area contributed by atoms with Crippen molar-refractivity contribution in [1.82, 2.24) is 5.32 Å². The van der Waals surface area contributed by atoms with Crippen LogP contribution in [-0.4, -0.2) is 36.2 Å². The molecule has 0 spiro atoms. The molecule has 1 saturated carbocycles. The number of carbonyl (C=O) groups is 2. The molecule has 0 aliphatic heterocycles. The molecule has 0 atom stereocenters. The van der Waals surface area contributed by atoms with Crippen LogP contribution < -0.4 is 5.32 Å². The summed E-state index contributed by atoms with van der Waals surface area (Å²) in [5.74, 6) is -2.24. The highest BCUT2D eigenvalue weighted by Crippen LogP contribution is 2.23. The van der Waals surface area contributed by atoms with Gasteiger partial charge in [-0.3, -0.25) is 4.79 Å². The number of carbonyl (C=O) groups excluding carboxylic acids is 1. The van der Waals surface area contributed by atoms with Gasteiger partial charge in [0.15, 0.2) is 0 Å².